The number of sulfone groups is 1. The Morgan fingerprint density at radius 2 is 2.10 bits per heavy atom. The lowest BCUT2D eigenvalue weighted by atomic mass is 10.2. The van der Waals surface area contributed by atoms with Crippen molar-refractivity contribution in [3.05, 3.63) is 47.4 Å². The number of halogens is 1. The molecule has 2 aliphatic rings. The molecule has 1 aromatic heterocycles. The molecule has 2 aliphatic heterocycles. The Labute approximate surface area is 186 Å². The van der Waals surface area contributed by atoms with Gasteiger partial charge in [-0.25, -0.2) is 12.8 Å². The van der Waals surface area contributed by atoms with Gasteiger partial charge in [0.2, 0.25) is 11.0 Å². The average molecular weight is 484 g/mol. The summed E-state index contributed by atoms with van der Waals surface area (Å²) in [6.45, 7) is 0. The number of nitrogens with zero attached hydrogens (tertiary/aromatic N) is 3. The first kappa shape index (κ1) is 21.7. The van der Waals surface area contributed by atoms with Crippen molar-refractivity contribution < 1.29 is 22.4 Å². The third-order valence-electron chi connectivity index (χ3n) is 4.71. The number of aromatic nitrogens is 2. The van der Waals surface area contributed by atoms with Crippen LogP contribution < -0.4 is 10.7 Å². The fourth-order valence-electron chi connectivity index (χ4n) is 3.15. The predicted molar refractivity (Wildman–Crippen MR) is 114 cm³/mol. The molecule has 0 spiro atoms. The van der Waals surface area contributed by atoms with Crippen LogP contribution in [0.2, 0.25) is 0 Å². The van der Waals surface area contributed by atoms with Gasteiger partial charge in [0.1, 0.15) is 11.5 Å². The van der Waals surface area contributed by atoms with Crippen molar-refractivity contribution >= 4 is 49.9 Å². The van der Waals surface area contributed by atoms with Gasteiger partial charge in [-0.15, -0.1) is 10.2 Å². The van der Waals surface area contributed by atoms with Crippen LogP contribution in [0.3, 0.4) is 0 Å². The molecule has 1 atom stereocenters. The highest BCUT2D eigenvalue weighted by Gasteiger charge is 2.37. The summed E-state index contributed by atoms with van der Waals surface area (Å²) in [5, 5.41) is 12.1. The van der Waals surface area contributed by atoms with Crippen molar-refractivity contribution in [1.29, 1.82) is 0 Å². The number of hydrazine groups is 1. The Bertz CT molecular complexity index is 1130. The first-order chi connectivity index (χ1) is 14.8. The molecule has 31 heavy (non-hydrogen) atoms. The molecule has 0 aliphatic carbocycles. The summed E-state index contributed by atoms with van der Waals surface area (Å²) >= 11 is 2.61. The van der Waals surface area contributed by atoms with Gasteiger partial charge in [-0.2, -0.15) is 0 Å². The fourth-order valence-corrected chi connectivity index (χ4v) is 6.55. The summed E-state index contributed by atoms with van der Waals surface area (Å²) in [5.74, 6) is -0.589. The third-order valence-corrected chi connectivity index (χ3v) is 8.50. The molecule has 13 heteroatoms. The first-order valence-corrected chi connectivity index (χ1v) is 12.9. The fraction of sp³-hybridized carbons (Fsp3) is 0.333. The molecule has 4 rings (SSSR count). The zero-order valence-electron chi connectivity index (χ0n) is 16.1. The first-order valence-electron chi connectivity index (χ1n) is 9.30. The highest BCUT2D eigenvalue weighted by atomic mass is 32.2. The van der Waals surface area contributed by atoms with Gasteiger partial charge in [0.15, 0.2) is 14.2 Å². The third kappa shape index (κ3) is 5.40. The zero-order valence-corrected chi connectivity index (χ0v) is 18.5. The second-order valence-corrected chi connectivity index (χ2v) is 11.4. The topological polar surface area (TPSA) is 121 Å². The molecule has 2 amide bonds. The van der Waals surface area contributed by atoms with Gasteiger partial charge < -0.3 is 0 Å². The molecule has 1 saturated heterocycles. The molecule has 3 heterocycles. The lowest BCUT2D eigenvalue weighted by Crippen LogP contribution is -2.53. The van der Waals surface area contributed by atoms with Crippen LogP contribution in [0.1, 0.15) is 18.4 Å². The van der Waals surface area contributed by atoms with E-state index in [1.807, 2.05) is 0 Å². The van der Waals surface area contributed by atoms with E-state index in [0.717, 1.165) is 5.56 Å². The highest BCUT2D eigenvalue weighted by Crippen LogP contribution is 2.29. The molecule has 2 aromatic rings. The van der Waals surface area contributed by atoms with E-state index in [9.17, 15) is 22.4 Å². The zero-order chi connectivity index (χ0) is 22.0. The van der Waals surface area contributed by atoms with Crippen LogP contribution in [0.4, 0.5) is 9.52 Å². The normalized spacial score (nSPS) is 20.3. The number of hydrogen-bond acceptors (Lipinski definition) is 9. The molecule has 0 saturated carbocycles. The van der Waals surface area contributed by atoms with Crippen LogP contribution in [-0.4, -0.2) is 53.0 Å². The predicted octanol–water partition coefficient (Wildman–Crippen LogP) is 1.72. The van der Waals surface area contributed by atoms with E-state index in [0.29, 0.717) is 21.6 Å². The van der Waals surface area contributed by atoms with Gasteiger partial charge in [-0.05, 0) is 30.2 Å². The number of nitrogens with one attached hydrogen (secondary N) is 2. The van der Waals surface area contributed by atoms with E-state index in [2.05, 4.69) is 20.9 Å². The second kappa shape index (κ2) is 8.93. The molecule has 0 bridgehead atoms. The molecular formula is C18H18FN5O4S3. The van der Waals surface area contributed by atoms with Crippen molar-refractivity contribution in [3.8, 4) is 0 Å². The minimum Gasteiger partial charge on any atom is -0.295 e. The van der Waals surface area contributed by atoms with Crippen molar-refractivity contribution in [2.24, 2.45) is 0 Å². The minimum absolute atomic E-state index is 0.00118. The average Bonchev–Trinajstić information content (AvgIpc) is 3.33. The molecule has 1 fully saturated rings. The molecule has 164 valence electrons. The molecule has 2 N–H and O–H groups in total. The summed E-state index contributed by atoms with van der Waals surface area (Å²) in [7, 11) is -3.17. The minimum atomic E-state index is -3.17. The molecule has 9 nitrogen and oxygen atoms in total. The van der Waals surface area contributed by atoms with Gasteiger partial charge in [-0.3, -0.25) is 25.3 Å². The maximum Gasteiger partial charge on any atom is 0.275 e. The van der Waals surface area contributed by atoms with Crippen molar-refractivity contribution in [2.75, 3.05) is 16.8 Å². The number of hydrogen-bond donors (Lipinski definition) is 2. The Hall–Kier alpha value is -2.51. The number of carbonyl (C=O) groups is 2. The Kier molecular flexibility index (Phi) is 6.25. The van der Waals surface area contributed by atoms with E-state index >= 15 is 0 Å². The standard InChI is InChI=1S/C18H18FN5O4S3/c19-12-3-1-11(2-4-12)9-29-18-22-21-17(30-18)20-16(26)14-5-6-15(25)24(23-14)13-7-8-31(27,28)10-13/h1-5,13,23H,6-10H2,(H,20,21,26)/t13-/m1/s1. The number of benzene rings is 1. The Morgan fingerprint density at radius 1 is 1.32 bits per heavy atom. The van der Waals surface area contributed by atoms with Gasteiger partial charge in [-0.1, -0.05) is 35.2 Å². The van der Waals surface area contributed by atoms with Crippen LogP contribution in [0.15, 0.2) is 40.4 Å². The maximum atomic E-state index is 13.0. The van der Waals surface area contributed by atoms with Crippen molar-refractivity contribution in [2.45, 2.75) is 29.0 Å². The van der Waals surface area contributed by atoms with Crippen LogP contribution in [0.5, 0.6) is 0 Å². The largest absolute Gasteiger partial charge is 0.295 e. The smallest absolute Gasteiger partial charge is 0.275 e. The monoisotopic (exact) mass is 483 g/mol. The number of carbonyl (C=O) groups excluding carboxylic acids is 2. The van der Waals surface area contributed by atoms with Crippen molar-refractivity contribution in [1.82, 2.24) is 20.6 Å². The number of thioether (sulfide) groups is 1. The molecule has 1 aromatic carbocycles. The number of anilines is 1. The summed E-state index contributed by atoms with van der Waals surface area (Å²) < 4.78 is 37.0. The second-order valence-electron chi connectivity index (χ2n) is 7.00. The summed E-state index contributed by atoms with van der Waals surface area (Å²) in [4.78, 5) is 24.8. The van der Waals surface area contributed by atoms with Gasteiger partial charge in [0.05, 0.1) is 17.5 Å². The molecular weight excluding hydrogens is 465 g/mol. The highest BCUT2D eigenvalue weighted by molar-refractivity contribution is 8.00. The van der Waals surface area contributed by atoms with Gasteiger partial charge in [0, 0.05) is 12.2 Å². The summed E-state index contributed by atoms with van der Waals surface area (Å²) in [6.07, 6.45) is 1.80. The van der Waals surface area contributed by atoms with E-state index < -0.39 is 21.8 Å². The van der Waals surface area contributed by atoms with E-state index in [4.69, 9.17) is 0 Å². The number of amides is 2. The quantitative estimate of drug-likeness (QED) is 0.471. The summed E-state index contributed by atoms with van der Waals surface area (Å²) in [5.41, 5.74) is 3.84. The SMILES string of the molecule is O=C(Nc1nnc(SCc2ccc(F)cc2)s1)C1=CCC(=O)N([C@@H]2CCS(=O)(=O)C2)N1. The van der Waals surface area contributed by atoms with E-state index in [1.165, 1.54) is 46.3 Å². The van der Waals surface area contributed by atoms with Gasteiger partial charge in [0.25, 0.3) is 5.91 Å². The van der Waals surface area contributed by atoms with Crippen molar-refractivity contribution in [3.63, 3.8) is 0 Å². The lowest BCUT2D eigenvalue weighted by Gasteiger charge is -2.32. The Balaban J connectivity index is 1.34. The van der Waals surface area contributed by atoms with Gasteiger partial charge >= 0.3 is 0 Å². The molecule has 0 radical (unpaired) electrons. The van der Waals surface area contributed by atoms with Crippen LogP contribution in [0.25, 0.3) is 0 Å². The summed E-state index contributed by atoms with van der Waals surface area (Å²) in [6, 6.07) is 5.67. The maximum absolute atomic E-state index is 13.0. The van der Waals surface area contributed by atoms with Crippen LogP contribution in [-0.2, 0) is 25.2 Å². The lowest BCUT2D eigenvalue weighted by molar-refractivity contribution is -0.136. The van der Waals surface area contributed by atoms with Crippen LogP contribution in [0, 0.1) is 5.82 Å². The van der Waals surface area contributed by atoms with E-state index in [-0.39, 0.29) is 35.3 Å². The van der Waals surface area contributed by atoms with E-state index in [1.54, 1.807) is 12.1 Å². The Morgan fingerprint density at radius 3 is 2.81 bits per heavy atom. The number of rotatable bonds is 6. The van der Waals surface area contributed by atoms with Crippen LogP contribution >= 0.6 is 23.1 Å². The molecule has 0 unspecified atom stereocenters.